The Morgan fingerprint density at radius 1 is 1.35 bits per heavy atom. The smallest absolute Gasteiger partial charge is 0.277 e. The summed E-state index contributed by atoms with van der Waals surface area (Å²) in [6.45, 7) is 0. The first-order chi connectivity index (χ1) is 11.2. The third kappa shape index (κ3) is 3.20. The Morgan fingerprint density at radius 3 is 3.00 bits per heavy atom. The van der Waals surface area contributed by atoms with Crippen LogP contribution in [0.4, 0.5) is 5.13 Å². The maximum atomic E-state index is 12.2. The van der Waals surface area contributed by atoms with E-state index in [1.54, 1.807) is 0 Å². The standard InChI is InChI=1S/C16H13BrN4OS/c17-11-3-1-2-10(6-11)14-8-23-16(18-14)19-15(22)13-7-12(20-21-13)9-4-5-9/h1-3,6-9H,4-5H2,(H,20,21)(H,18,19,22). The van der Waals surface area contributed by atoms with Gasteiger partial charge in [0.15, 0.2) is 10.8 Å². The van der Waals surface area contributed by atoms with Crippen molar-refractivity contribution in [2.45, 2.75) is 18.8 Å². The summed E-state index contributed by atoms with van der Waals surface area (Å²) in [6.07, 6.45) is 2.34. The SMILES string of the molecule is O=C(Nc1nc(-c2cccc(Br)c2)cs1)c1cc(C2CC2)[nH]n1. The van der Waals surface area contributed by atoms with E-state index in [1.807, 2.05) is 35.7 Å². The van der Waals surface area contributed by atoms with Crippen LogP contribution in [0.5, 0.6) is 0 Å². The molecule has 2 N–H and O–H groups in total. The lowest BCUT2D eigenvalue weighted by Crippen LogP contribution is -2.12. The highest BCUT2D eigenvalue weighted by Crippen LogP contribution is 2.39. The maximum absolute atomic E-state index is 12.2. The maximum Gasteiger partial charge on any atom is 0.277 e. The average molecular weight is 389 g/mol. The van der Waals surface area contributed by atoms with E-state index < -0.39 is 0 Å². The second kappa shape index (κ2) is 5.90. The summed E-state index contributed by atoms with van der Waals surface area (Å²) in [7, 11) is 0. The van der Waals surface area contributed by atoms with Gasteiger partial charge in [0.05, 0.1) is 5.69 Å². The summed E-state index contributed by atoms with van der Waals surface area (Å²) < 4.78 is 0.998. The number of aromatic nitrogens is 3. The fourth-order valence-corrected chi connectivity index (χ4v) is 3.44. The number of nitrogens with one attached hydrogen (secondary N) is 2. The number of amides is 1. The van der Waals surface area contributed by atoms with E-state index >= 15 is 0 Å². The van der Waals surface area contributed by atoms with Crippen molar-refractivity contribution in [3.8, 4) is 11.3 Å². The summed E-state index contributed by atoms with van der Waals surface area (Å²) >= 11 is 4.85. The van der Waals surface area contributed by atoms with Crippen LogP contribution in [0.2, 0.25) is 0 Å². The lowest BCUT2D eigenvalue weighted by Gasteiger charge is -1.98. The highest BCUT2D eigenvalue weighted by atomic mass is 79.9. The van der Waals surface area contributed by atoms with Gasteiger partial charge in [-0.2, -0.15) is 5.10 Å². The molecule has 1 aliphatic carbocycles. The Labute approximate surface area is 145 Å². The van der Waals surface area contributed by atoms with E-state index in [0.717, 1.165) is 21.4 Å². The third-order valence-electron chi connectivity index (χ3n) is 3.69. The van der Waals surface area contributed by atoms with Crippen LogP contribution in [0.15, 0.2) is 40.2 Å². The summed E-state index contributed by atoms with van der Waals surface area (Å²) in [4.78, 5) is 16.7. The van der Waals surface area contributed by atoms with Gasteiger partial charge in [-0.05, 0) is 31.0 Å². The van der Waals surface area contributed by atoms with Gasteiger partial charge in [-0.25, -0.2) is 4.98 Å². The van der Waals surface area contributed by atoms with Gasteiger partial charge in [0.2, 0.25) is 0 Å². The summed E-state index contributed by atoms with van der Waals surface area (Å²) in [5, 5.41) is 12.3. The zero-order valence-electron chi connectivity index (χ0n) is 12.0. The lowest BCUT2D eigenvalue weighted by molar-refractivity contribution is 0.102. The number of halogens is 1. The minimum absolute atomic E-state index is 0.233. The van der Waals surface area contributed by atoms with Gasteiger partial charge in [0, 0.05) is 27.0 Å². The Morgan fingerprint density at radius 2 is 2.22 bits per heavy atom. The first kappa shape index (κ1) is 14.6. The van der Waals surface area contributed by atoms with Crippen molar-refractivity contribution in [2.75, 3.05) is 5.32 Å². The van der Waals surface area contributed by atoms with Gasteiger partial charge in [-0.15, -0.1) is 11.3 Å². The van der Waals surface area contributed by atoms with Crippen LogP contribution in [0.25, 0.3) is 11.3 Å². The van der Waals surface area contributed by atoms with Crippen LogP contribution < -0.4 is 5.32 Å². The van der Waals surface area contributed by atoms with Crippen LogP contribution in [-0.4, -0.2) is 21.1 Å². The van der Waals surface area contributed by atoms with Crippen LogP contribution >= 0.6 is 27.3 Å². The highest BCUT2D eigenvalue weighted by Gasteiger charge is 2.26. The third-order valence-corrected chi connectivity index (χ3v) is 4.94. The molecule has 5 nitrogen and oxygen atoms in total. The number of carbonyl (C=O) groups is 1. The van der Waals surface area contributed by atoms with E-state index in [1.165, 1.54) is 24.2 Å². The van der Waals surface area contributed by atoms with Crippen molar-refractivity contribution in [3.05, 3.63) is 51.6 Å². The quantitative estimate of drug-likeness (QED) is 0.694. The van der Waals surface area contributed by atoms with Crippen molar-refractivity contribution >= 4 is 38.3 Å². The van der Waals surface area contributed by atoms with Crippen LogP contribution in [0, 0.1) is 0 Å². The molecule has 23 heavy (non-hydrogen) atoms. The average Bonchev–Trinajstić information content (AvgIpc) is 3.09. The molecule has 116 valence electrons. The van der Waals surface area contributed by atoms with Crippen LogP contribution in [0.3, 0.4) is 0 Å². The first-order valence-electron chi connectivity index (χ1n) is 7.27. The van der Waals surface area contributed by atoms with E-state index in [9.17, 15) is 4.79 Å². The van der Waals surface area contributed by atoms with E-state index in [4.69, 9.17) is 0 Å². The zero-order valence-corrected chi connectivity index (χ0v) is 14.4. The molecular weight excluding hydrogens is 376 g/mol. The zero-order chi connectivity index (χ0) is 15.8. The van der Waals surface area contributed by atoms with Crippen LogP contribution in [0.1, 0.15) is 34.9 Å². The minimum atomic E-state index is -0.233. The highest BCUT2D eigenvalue weighted by molar-refractivity contribution is 9.10. The Kier molecular flexibility index (Phi) is 3.74. The molecule has 0 saturated heterocycles. The molecule has 0 radical (unpaired) electrons. The number of hydrogen-bond acceptors (Lipinski definition) is 4. The molecule has 2 heterocycles. The first-order valence-corrected chi connectivity index (χ1v) is 8.94. The topological polar surface area (TPSA) is 70.7 Å². The number of anilines is 1. The molecule has 0 spiro atoms. The number of nitrogens with zero attached hydrogens (tertiary/aromatic N) is 2. The largest absolute Gasteiger partial charge is 0.296 e. The van der Waals surface area contributed by atoms with Gasteiger partial charge < -0.3 is 0 Å². The molecule has 0 aliphatic heterocycles. The Balaban J connectivity index is 1.49. The van der Waals surface area contributed by atoms with Gasteiger partial charge in [-0.1, -0.05) is 28.1 Å². The predicted octanol–water partition coefficient (Wildman–Crippen LogP) is 4.43. The number of thiazole rings is 1. The Bertz CT molecular complexity index is 868. The molecular formula is C16H13BrN4OS. The van der Waals surface area contributed by atoms with E-state index in [-0.39, 0.29) is 5.91 Å². The molecule has 3 aromatic rings. The van der Waals surface area contributed by atoms with Crippen molar-refractivity contribution < 1.29 is 4.79 Å². The van der Waals surface area contributed by atoms with E-state index in [0.29, 0.717) is 16.7 Å². The predicted molar refractivity (Wildman–Crippen MR) is 93.8 cm³/mol. The number of hydrogen-bond donors (Lipinski definition) is 2. The van der Waals surface area contributed by atoms with E-state index in [2.05, 4.69) is 36.4 Å². The van der Waals surface area contributed by atoms with Crippen molar-refractivity contribution in [2.24, 2.45) is 0 Å². The van der Waals surface area contributed by atoms with Gasteiger partial charge in [0.25, 0.3) is 5.91 Å². The van der Waals surface area contributed by atoms with Gasteiger partial charge >= 0.3 is 0 Å². The molecule has 1 saturated carbocycles. The number of aromatic amines is 1. The second-order valence-electron chi connectivity index (χ2n) is 5.49. The molecule has 1 aliphatic rings. The molecule has 4 rings (SSSR count). The minimum Gasteiger partial charge on any atom is -0.296 e. The number of benzene rings is 1. The summed E-state index contributed by atoms with van der Waals surface area (Å²) in [5.41, 5.74) is 3.30. The van der Waals surface area contributed by atoms with Gasteiger partial charge in [-0.3, -0.25) is 15.2 Å². The van der Waals surface area contributed by atoms with Crippen LogP contribution in [-0.2, 0) is 0 Å². The number of carbonyl (C=O) groups excluding carboxylic acids is 1. The fourth-order valence-electron chi connectivity index (χ4n) is 2.33. The second-order valence-corrected chi connectivity index (χ2v) is 7.26. The normalized spacial score (nSPS) is 14.0. The molecule has 1 aromatic carbocycles. The number of rotatable bonds is 4. The van der Waals surface area contributed by atoms with Crippen molar-refractivity contribution in [1.29, 1.82) is 0 Å². The fraction of sp³-hybridized carbons (Fsp3) is 0.188. The molecule has 0 atom stereocenters. The summed E-state index contributed by atoms with van der Waals surface area (Å²) in [6, 6.07) is 9.74. The Hall–Kier alpha value is -1.99. The molecule has 1 fully saturated rings. The molecule has 0 unspecified atom stereocenters. The molecule has 2 aromatic heterocycles. The van der Waals surface area contributed by atoms with Crippen molar-refractivity contribution in [1.82, 2.24) is 15.2 Å². The van der Waals surface area contributed by atoms with Gasteiger partial charge in [0.1, 0.15) is 0 Å². The number of H-pyrrole nitrogens is 1. The molecule has 0 bridgehead atoms. The monoisotopic (exact) mass is 388 g/mol. The van der Waals surface area contributed by atoms with Crippen molar-refractivity contribution in [3.63, 3.8) is 0 Å². The summed E-state index contributed by atoms with van der Waals surface area (Å²) in [5.74, 6) is 0.315. The molecule has 1 amide bonds. The molecule has 7 heteroatoms. The lowest BCUT2D eigenvalue weighted by atomic mass is 10.2.